The SMILES string of the molecule is CCOc1ccc(C(c2c(OC)cccc2OC)N2CCNCC2)cc1. The van der Waals surface area contributed by atoms with Crippen molar-refractivity contribution < 1.29 is 14.2 Å². The summed E-state index contributed by atoms with van der Waals surface area (Å²) in [5.74, 6) is 2.59. The number of rotatable bonds is 7. The van der Waals surface area contributed by atoms with E-state index in [0.29, 0.717) is 6.61 Å². The number of ether oxygens (including phenoxy) is 3. The average Bonchev–Trinajstić information content (AvgIpc) is 2.70. The fourth-order valence-electron chi connectivity index (χ4n) is 3.56. The number of hydrogen-bond donors (Lipinski definition) is 1. The summed E-state index contributed by atoms with van der Waals surface area (Å²) in [7, 11) is 3.43. The molecule has 0 bridgehead atoms. The summed E-state index contributed by atoms with van der Waals surface area (Å²) in [6, 6.07) is 14.4. The van der Waals surface area contributed by atoms with Crippen LogP contribution in [-0.4, -0.2) is 51.9 Å². The van der Waals surface area contributed by atoms with E-state index in [9.17, 15) is 0 Å². The van der Waals surface area contributed by atoms with Crippen LogP contribution in [0.4, 0.5) is 0 Å². The maximum Gasteiger partial charge on any atom is 0.127 e. The minimum absolute atomic E-state index is 0.0684. The molecule has 1 aliphatic rings. The van der Waals surface area contributed by atoms with E-state index in [1.165, 1.54) is 5.56 Å². The van der Waals surface area contributed by atoms with Gasteiger partial charge in [0.15, 0.2) is 0 Å². The van der Waals surface area contributed by atoms with Crippen LogP contribution in [0.1, 0.15) is 24.1 Å². The van der Waals surface area contributed by atoms with Gasteiger partial charge in [-0.1, -0.05) is 18.2 Å². The molecule has 1 unspecified atom stereocenters. The summed E-state index contributed by atoms with van der Waals surface area (Å²) >= 11 is 0. The monoisotopic (exact) mass is 356 g/mol. The molecular weight excluding hydrogens is 328 g/mol. The number of nitrogens with zero attached hydrogens (tertiary/aromatic N) is 1. The second kappa shape index (κ2) is 8.92. The third-order valence-electron chi connectivity index (χ3n) is 4.76. The number of hydrogen-bond acceptors (Lipinski definition) is 5. The summed E-state index contributed by atoms with van der Waals surface area (Å²) in [5.41, 5.74) is 2.28. The summed E-state index contributed by atoms with van der Waals surface area (Å²) < 4.78 is 17.0. The van der Waals surface area contributed by atoms with Crippen molar-refractivity contribution in [2.45, 2.75) is 13.0 Å². The third-order valence-corrected chi connectivity index (χ3v) is 4.76. The molecule has 2 aromatic carbocycles. The van der Waals surface area contributed by atoms with Gasteiger partial charge < -0.3 is 19.5 Å². The lowest BCUT2D eigenvalue weighted by molar-refractivity contribution is 0.192. The molecule has 2 aromatic rings. The van der Waals surface area contributed by atoms with E-state index in [-0.39, 0.29) is 6.04 Å². The van der Waals surface area contributed by atoms with Crippen molar-refractivity contribution in [1.29, 1.82) is 0 Å². The number of benzene rings is 2. The molecule has 1 heterocycles. The normalized spacial score (nSPS) is 16.1. The molecule has 1 N–H and O–H groups in total. The first-order chi connectivity index (χ1) is 12.8. The third kappa shape index (κ3) is 3.94. The molecule has 0 saturated carbocycles. The van der Waals surface area contributed by atoms with Crippen LogP contribution in [-0.2, 0) is 0 Å². The number of methoxy groups -OCH3 is 2. The fourth-order valence-corrected chi connectivity index (χ4v) is 3.56. The summed E-state index contributed by atoms with van der Waals surface area (Å²) in [5, 5.41) is 3.43. The van der Waals surface area contributed by atoms with Gasteiger partial charge in [-0.2, -0.15) is 0 Å². The lowest BCUT2D eigenvalue weighted by atomic mass is 9.94. The number of piperazine rings is 1. The first-order valence-electron chi connectivity index (χ1n) is 9.17. The van der Waals surface area contributed by atoms with Gasteiger partial charge in [0.25, 0.3) is 0 Å². The lowest BCUT2D eigenvalue weighted by Gasteiger charge is -2.36. The molecular formula is C21H28N2O3. The molecule has 0 radical (unpaired) electrons. The Kier molecular flexibility index (Phi) is 6.36. The summed E-state index contributed by atoms with van der Waals surface area (Å²) in [4.78, 5) is 2.48. The molecule has 1 fully saturated rings. The second-order valence-electron chi connectivity index (χ2n) is 6.27. The van der Waals surface area contributed by atoms with Gasteiger partial charge in [-0.05, 0) is 36.8 Å². The summed E-state index contributed by atoms with van der Waals surface area (Å²) in [6.07, 6.45) is 0. The van der Waals surface area contributed by atoms with Gasteiger partial charge in [-0.3, -0.25) is 4.90 Å². The predicted octanol–water partition coefficient (Wildman–Crippen LogP) is 3.10. The molecule has 0 aliphatic carbocycles. The molecule has 5 heteroatoms. The zero-order valence-electron chi connectivity index (χ0n) is 15.8. The Balaban J connectivity index is 2.07. The minimum Gasteiger partial charge on any atom is -0.496 e. The highest BCUT2D eigenvalue weighted by Gasteiger charge is 2.29. The van der Waals surface area contributed by atoms with Crippen molar-refractivity contribution >= 4 is 0 Å². The van der Waals surface area contributed by atoms with E-state index < -0.39 is 0 Å². The molecule has 140 valence electrons. The first kappa shape index (κ1) is 18.5. The van der Waals surface area contributed by atoms with Crippen LogP contribution in [0.3, 0.4) is 0 Å². The Morgan fingerprint density at radius 1 is 0.962 bits per heavy atom. The van der Waals surface area contributed by atoms with E-state index in [1.807, 2.05) is 37.3 Å². The Bertz CT molecular complexity index is 675. The van der Waals surface area contributed by atoms with Crippen LogP contribution in [0.15, 0.2) is 42.5 Å². The van der Waals surface area contributed by atoms with Crippen molar-refractivity contribution in [2.24, 2.45) is 0 Å². The molecule has 5 nitrogen and oxygen atoms in total. The van der Waals surface area contributed by atoms with Gasteiger partial charge in [0.2, 0.25) is 0 Å². The first-order valence-corrected chi connectivity index (χ1v) is 9.17. The zero-order valence-corrected chi connectivity index (χ0v) is 15.8. The van der Waals surface area contributed by atoms with E-state index in [0.717, 1.165) is 49.0 Å². The molecule has 0 amide bonds. The maximum atomic E-state index is 5.70. The zero-order chi connectivity index (χ0) is 18.4. The highest BCUT2D eigenvalue weighted by atomic mass is 16.5. The van der Waals surface area contributed by atoms with Crippen LogP contribution in [0, 0.1) is 0 Å². The predicted molar refractivity (Wildman–Crippen MR) is 103 cm³/mol. The molecule has 0 aromatic heterocycles. The van der Waals surface area contributed by atoms with Crippen LogP contribution in [0.5, 0.6) is 17.2 Å². The van der Waals surface area contributed by atoms with Crippen LogP contribution in [0.2, 0.25) is 0 Å². The quantitative estimate of drug-likeness (QED) is 0.826. The highest BCUT2D eigenvalue weighted by molar-refractivity contribution is 5.51. The topological polar surface area (TPSA) is 43.0 Å². The highest BCUT2D eigenvalue weighted by Crippen LogP contribution is 2.41. The molecule has 26 heavy (non-hydrogen) atoms. The van der Waals surface area contributed by atoms with E-state index >= 15 is 0 Å². The standard InChI is InChI=1S/C21H28N2O3/c1-4-26-17-10-8-16(9-11-17)21(23-14-12-22-13-15-23)20-18(24-2)6-5-7-19(20)25-3/h5-11,21-22H,4,12-15H2,1-3H3. The van der Waals surface area contributed by atoms with Crippen molar-refractivity contribution in [3.63, 3.8) is 0 Å². The molecule has 1 saturated heterocycles. The van der Waals surface area contributed by atoms with Crippen molar-refractivity contribution in [3.05, 3.63) is 53.6 Å². The Morgan fingerprint density at radius 3 is 2.12 bits per heavy atom. The van der Waals surface area contributed by atoms with E-state index in [2.05, 4.69) is 22.3 Å². The maximum absolute atomic E-state index is 5.70. The van der Waals surface area contributed by atoms with Gasteiger partial charge in [0.1, 0.15) is 17.2 Å². The molecule has 1 atom stereocenters. The fraction of sp³-hybridized carbons (Fsp3) is 0.429. The molecule has 1 aliphatic heterocycles. The smallest absolute Gasteiger partial charge is 0.127 e. The van der Waals surface area contributed by atoms with Crippen LogP contribution >= 0.6 is 0 Å². The largest absolute Gasteiger partial charge is 0.496 e. The van der Waals surface area contributed by atoms with Gasteiger partial charge >= 0.3 is 0 Å². The second-order valence-corrected chi connectivity index (χ2v) is 6.27. The number of nitrogens with one attached hydrogen (secondary N) is 1. The van der Waals surface area contributed by atoms with Gasteiger partial charge in [0.05, 0.1) is 32.4 Å². The van der Waals surface area contributed by atoms with Gasteiger partial charge in [0, 0.05) is 26.2 Å². The van der Waals surface area contributed by atoms with Crippen molar-refractivity contribution in [2.75, 3.05) is 47.0 Å². The van der Waals surface area contributed by atoms with Crippen LogP contribution < -0.4 is 19.5 Å². The summed E-state index contributed by atoms with van der Waals surface area (Å²) in [6.45, 7) is 6.56. The van der Waals surface area contributed by atoms with Crippen molar-refractivity contribution in [3.8, 4) is 17.2 Å². The van der Waals surface area contributed by atoms with Gasteiger partial charge in [-0.25, -0.2) is 0 Å². The van der Waals surface area contributed by atoms with Crippen molar-refractivity contribution in [1.82, 2.24) is 10.2 Å². The average molecular weight is 356 g/mol. The van der Waals surface area contributed by atoms with E-state index in [4.69, 9.17) is 14.2 Å². The Morgan fingerprint density at radius 2 is 1.58 bits per heavy atom. The van der Waals surface area contributed by atoms with Gasteiger partial charge in [-0.15, -0.1) is 0 Å². The Hall–Kier alpha value is -2.24. The minimum atomic E-state index is 0.0684. The molecule has 3 rings (SSSR count). The molecule has 0 spiro atoms. The lowest BCUT2D eigenvalue weighted by Crippen LogP contribution is -2.45. The van der Waals surface area contributed by atoms with E-state index in [1.54, 1.807) is 14.2 Å². The van der Waals surface area contributed by atoms with Crippen LogP contribution in [0.25, 0.3) is 0 Å². The Labute approximate surface area is 155 Å².